The number of hydrogen-bond donors (Lipinski definition) is 5. The van der Waals surface area contributed by atoms with Crippen molar-refractivity contribution in [3.63, 3.8) is 0 Å². The van der Waals surface area contributed by atoms with Gasteiger partial charge in [0.15, 0.2) is 11.9 Å². The van der Waals surface area contributed by atoms with Crippen molar-refractivity contribution in [3.05, 3.63) is 29.3 Å². The van der Waals surface area contributed by atoms with Gasteiger partial charge in [0, 0.05) is 5.69 Å². The third-order valence-electron chi connectivity index (χ3n) is 2.93. The summed E-state index contributed by atoms with van der Waals surface area (Å²) in [4.78, 5) is 0. The first-order valence-corrected chi connectivity index (χ1v) is 6.65. The number of nitrogens with two attached hydrogens (primary N) is 1. The van der Waals surface area contributed by atoms with Crippen LogP contribution in [0.4, 0.5) is 5.69 Å². The van der Waals surface area contributed by atoms with Gasteiger partial charge in [0.05, 0.1) is 0 Å². The third-order valence-corrected chi connectivity index (χ3v) is 2.93. The molecule has 0 aromatic heterocycles. The lowest BCUT2D eigenvalue weighted by molar-refractivity contribution is 0.795. The van der Waals surface area contributed by atoms with Gasteiger partial charge in [-0.15, -0.1) is 0 Å². The van der Waals surface area contributed by atoms with Gasteiger partial charge in [-0.3, -0.25) is 16.1 Å². The van der Waals surface area contributed by atoms with E-state index in [1.54, 1.807) is 0 Å². The van der Waals surface area contributed by atoms with Crippen molar-refractivity contribution in [1.29, 1.82) is 10.8 Å². The van der Waals surface area contributed by atoms with E-state index < -0.39 is 0 Å². The van der Waals surface area contributed by atoms with Gasteiger partial charge in [-0.25, -0.2) is 0 Å². The maximum absolute atomic E-state index is 7.76. The Morgan fingerprint density at radius 3 is 2.47 bits per heavy atom. The van der Waals surface area contributed by atoms with Crippen molar-refractivity contribution in [2.24, 2.45) is 5.73 Å². The highest BCUT2D eigenvalue weighted by molar-refractivity contribution is 6.02. The van der Waals surface area contributed by atoms with Crippen molar-refractivity contribution >= 4 is 17.6 Å². The summed E-state index contributed by atoms with van der Waals surface area (Å²) in [5, 5.41) is 20.4. The fourth-order valence-corrected chi connectivity index (χ4v) is 1.97. The minimum atomic E-state index is -0.235. The highest BCUT2D eigenvalue weighted by atomic mass is 15.2. The molecule has 0 aliphatic rings. The Kier molecular flexibility index (Phi) is 5.85. The molecule has 19 heavy (non-hydrogen) atoms. The van der Waals surface area contributed by atoms with Crippen molar-refractivity contribution in [2.45, 2.75) is 39.5 Å². The van der Waals surface area contributed by atoms with E-state index in [-0.39, 0.29) is 11.9 Å². The standard InChI is InChI=1S/C14H23N5/c1-3-5-7-11-9-6-8-10(4-2)12(11)18-14(17)19-13(15)16/h6,8-9H,3-5,7H2,1-2H3,(H6,15,16,17,18,19). The van der Waals surface area contributed by atoms with Crippen LogP contribution in [0.1, 0.15) is 37.8 Å². The van der Waals surface area contributed by atoms with Crippen LogP contribution in [0.5, 0.6) is 0 Å². The number of unbranched alkanes of at least 4 members (excludes halogenated alkanes) is 1. The van der Waals surface area contributed by atoms with E-state index in [9.17, 15) is 0 Å². The molecule has 0 atom stereocenters. The fourth-order valence-electron chi connectivity index (χ4n) is 1.97. The molecule has 0 fully saturated rings. The van der Waals surface area contributed by atoms with E-state index >= 15 is 0 Å². The number of guanidine groups is 2. The first-order chi connectivity index (χ1) is 9.08. The number of benzene rings is 1. The molecule has 0 heterocycles. The molecule has 0 aliphatic heterocycles. The van der Waals surface area contributed by atoms with Crippen LogP contribution in [0.15, 0.2) is 18.2 Å². The van der Waals surface area contributed by atoms with Crippen LogP contribution in [-0.2, 0) is 12.8 Å². The van der Waals surface area contributed by atoms with Crippen molar-refractivity contribution in [1.82, 2.24) is 5.32 Å². The predicted octanol–water partition coefficient (Wildman–Crippen LogP) is 2.42. The molecule has 6 N–H and O–H groups in total. The molecule has 0 bridgehead atoms. The minimum Gasteiger partial charge on any atom is -0.370 e. The Bertz CT molecular complexity index is 453. The quantitative estimate of drug-likeness (QED) is 0.416. The van der Waals surface area contributed by atoms with Gasteiger partial charge < -0.3 is 11.1 Å². The number of hydrogen-bond acceptors (Lipinski definition) is 2. The zero-order valence-electron chi connectivity index (χ0n) is 11.6. The maximum atomic E-state index is 7.76. The lowest BCUT2D eigenvalue weighted by Gasteiger charge is -2.16. The van der Waals surface area contributed by atoms with Crippen molar-refractivity contribution < 1.29 is 0 Å². The summed E-state index contributed by atoms with van der Waals surface area (Å²) in [5.41, 5.74) is 8.57. The van der Waals surface area contributed by atoms with Crippen LogP contribution in [0.2, 0.25) is 0 Å². The highest BCUT2D eigenvalue weighted by Gasteiger charge is 2.09. The lowest BCUT2D eigenvalue weighted by atomic mass is 10.0. The number of nitrogens with one attached hydrogen (secondary N) is 4. The van der Waals surface area contributed by atoms with Gasteiger partial charge in [0.25, 0.3) is 0 Å². The molecule has 0 spiro atoms. The summed E-state index contributed by atoms with van der Waals surface area (Å²) in [6, 6.07) is 6.19. The molecule has 0 aliphatic carbocycles. The van der Waals surface area contributed by atoms with Gasteiger partial charge >= 0.3 is 0 Å². The molecule has 5 nitrogen and oxygen atoms in total. The monoisotopic (exact) mass is 261 g/mol. The van der Waals surface area contributed by atoms with Crippen LogP contribution >= 0.6 is 0 Å². The zero-order valence-corrected chi connectivity index (χ0v) is 11.6. The van der Waals surface area contributed by atoms with Gasteiger partial charge in [-0.1, -0.05) is 38.5 Å². The first kappa shape index (κ1) is 15.0. The molecule has 1 aromatic rings. The van der Waals surface area contributed by atoms with Crippen LogP contribution in [0.3, 0.4) is 0 Å². The maximum Gasteiger partial charge on any atom is 0.199 e. The molecule has 0 saturated heterocycles. The molecule has 0 radical (unpaired) electrons. The van der Waals surface area contributed by atoms with E-state index in [1.165, 1.54) is 11.1 Å². The van der Waals surface area contributed by atoms with E-state index in [0.29, 0.717) is 0 Å². The van der Waals surface area contributed by atoms with Crippen LogP contribution < -0.4 is 16.4 Å². The summed E-state index contributed by atoms with van der Waals surface area (Å²) < 4.78 is 0. The van der Waals surface area contributed by atoms with Crippen LogP contribution in [0, 0.1) is 10.8 Å². The fraction of sp³-hybridized carbons (Fsp3) is 0.429. The van der Waals surface area contributed by atoms with E-state index in [0.717, 1.165) is 31.4 Å². The van der Waals surface area contributed by atoms with E-state index in [1.807, 2.05) is 0 Å². The Hall–Kier alpha value is -2.04. The number of para-hydroxylation sites is 1. The highest BCUT2D eigenvalue weighted by Crippen LogP contribution is 2.23. The molecule has 0 saturated carbocycles. The normalized spacial score (nSPS) is 10.0. The Balaban J connectivity index is 2.93. The SMILES string of the molecule is CCCCc1cccc(CC)c1NC(=N)NC(=N)N. The summed E-state index contributed by atoms with van der Waals surface area (Å²) >= 11 is 0. The largest absolute Gasteiger partial charge is 0.370 e. The second-order valence-corrected chi connectivity index (χ2v) is 4.45. The third kappa shape index (κ3) is 4.62. The summed E-state index contributed by atoms with van der Waals surface area (Å²) in [6.07, 6.45) is 4.14. The molecule has 5 heteroatoms. The van der Waals surface area contributed by atoms with E-state index in [4.69, 9.17) is 16.6 Å². The average molecular weight is 261 g/mol. The molecule has 104 valence electrons. The van der Waals surface area contributed by atoms with Gasteiger partial charge in [0.2, 0.25) is 0 Å². The summed E-state index contributed by atoms with van der Waals surface area (Å²) in [6.45, 7) is 4.25. The van der Waals surface area contributed by atoms with Gasteiger partial charge in [-0.05, 0) is 30.4 Å². The predicted molar refractivity (Wildman–Crippen MR) is 80.8 cm³/mol. The number of rotatable bonds is 5. The molecular formula is C14H23N5. The molecule has 1 aromatic carbocycles. The lowest BCUT2D eigenvalue weighted by Crippen LogP contribution is -2.39. The molecule has 1 rings (SSSR count). The molecule has 0 unspecified atom stereocenters. The van der Waals surface area contributed by atoms with Crippen LogP contribution in [0.25, 0.3) is 0 Å². The topological polar surface area (TPSA) is 97.8 Å². The Labute approximate surface area is 114 Å². The summed E-state index contributed by atoms with van der Waals surface area (Å²) in [5.74, 6) is -0.201. The van der Waals surface area contributed by atoms with Crippen molar-refractivity contribution in [3.8, 4) is 0 Å². The summed E-state index contributed by atoms with van der Waals surface area (Å²) in [7, 11) is 0. The molecule has 0 amide bonds. The average Bonchev–Trinajstić information content (AvgIpc) is 2.36. The van der Waals surface area contributed by atoms with Gasteiger partial charge in [-0.2, -0.15) is 0 Å². The second kappa shape index (κ2) is 7.41. The van der Waals surface area contributed by atoms with Crippen molar-refractivity contribution in [2.75, 3.05) is 5.32 Å². The minimum absolute atomic E-state index is 0.0335. The second-order valence-electron chi connectivity index (χ2n) is 4.45. The Morgan fingerprint density at radius 2 is 1.89 bits per heavy atom. The molecular weight excluding hydrogens is 238 g/mol. The van der Waals surface area contributed by atoms with Gasteiger partial charge in [0.1, 0.15) is 0 Å². The van der Waals surface area contributed by atoms with E-state index in [2.05, 4.69) is 42.7 Å². The zero-order chi connectivity index (χ0) is 14.3. The van der Waals surface area contributed by atoms with Crippen LogP contribution in [-0.4, -0.2) is 11.9 Å². The first-order valence-electron chi connectivity index (χ1n) is 6.65. The Morgan fingerprint density at radius 1 is 1.21 bits per heavy atom. The number of anilines is 1. The number of aryl methyl sites for hydroxylation is 2. The smallest absolute Gasteiger partial charge is 0.199 e.